The van der Waals surface area contributed by atoms with Gasteiger partial charge in [-0.15, -0.1) is 11.3 Å². The topological polar surface area (TPSA) is 130 Å². The molecule has 2 aromatic carbocycles. The average Bonchev–Trinajstić information content (AvgIpc) is 3.12. The minimum absolute atomic E-state index is 0.0751. The van der Waals surface area contributed by atoms with E-state index in [-0.39, 0.29) is 26.1 Å². The molecule has 9 heteroatoms. The maximum absolute atomic E-state index is 10.4. The van der Waals surface area contributed by atoms with Gasteiger partial charge in [0.1, 0.15) is 27.1 Å². The van der Waals surface area contributed by atoms with E-state index in [1.54, 1.807) is 55.6 Å². The van der Waals surface area contributed by atoms with Crippen LogP contribution < -0.4 is 24.8 Å². The van der Waals surface area contributed by atoms with Crippen molar-refractivity contribution >= 4 is 29.0 Å². The zero-order valence-electron chi connectivity index (χ0n) is 15.8. The minimum atomic E-state index is -0.360. The molecule has 148 valence electrons. The number of thiazole rings is 1. The summed E-state index contributed by atoms with van der Waals surface area (Å²) in [6.45, 7) is 0. The van der Waals surface area contributed by atoms with E-state index in [4.69, 9.17) is 10.1 Å². The number of aliphatic hydroxyl groups is 1. The SMILES string of the molecule is COc1ccc(/C=N/NC(O)=c2sc(=C(C#N)C#N)n(-c3ccccc3)c2=N)cc1. The molecule has 0 fully saturated rings. The molecule has 0 saturated carbocycles. The van der Waals surface area contributed by atoms with Crippen molar-refractivity contribution in [3.63, 3.8) is 0 Å². The lowest BCUT2D eigenvalue weighted by Gasteiger charge is -2.02. The van der Waals surface area contributed by atoms with Crippen molar-refractivity contribution in [2.75, 3.05) is 7.11 Å². The summed E-state index contributed by atoms with van der Waals surface area (Å²) in [5.74, 6) is 0.355. The number of hydrogen-bond donors (Lipinski definition) is 3. The molecule has 0 aliphatic rings. The summed E-state index contributed by atoms with van der Waals surface area (Å²) in [4.78, 5) is 0. The Bertz CT molecular complexity index is 1320. The lowest BCUT2D eigenvalue weighted by atomic mass is 10.2. The van der Waals surface area contributed by atoms with Crippen molar-refractivity contribution in [3.05, 3.63) is 74.8 Å². The second-order valence-electron chi connectivity index (χ2n) is 5.85. The second-order valence-corrected chi connectivity index (χ2v) is 6.85. The van der Waals surface area contributed by atoms with Crippen LogP contribution in [0.25, 0.3) is 17.1 Å². The molecular formula is C21H16N6O2S. The number of ether oxygens (including phenoxy) is 1. The molecule has 8 nitrogen and oxygen atoms in total. The first-order chi connectivity index (χ1) is 14.6. The van der Waals surface area contributed by atoms with Crippen molar-refractivity contribution in [3.8, 4) is 23.6 Å². The van der Waals surface area contributed by atoms with Crippen LogP contribution in [0, 0.1) is 28.1 Å². The minimum Gasteiger partial charge on any atom is -0.497 e. The molecule has 3 N–H and O–H groups in total. The molecule has 0 atom stereocenters. The van der Waals surface area contributed by atoms with E-state index in [2.05, 4.69) is 10.5 Å². The molecular weight excluding hydrogens is 400 g/mol. The molecule has 0 unspecified atom stereocenters. The number of hydrazone groups is 1. The number of aliphatic hydroxyl groups excluding tert-OH is 1. The fourth-order valence-electron chi connectivity index (χ4n) is 2.57. The third-order valence-electron chi connectivity index (χ3n) is 4.01. The van der Waals surface area contributed by atoms with Crippen LogP contribution in [-0.2, 0) is 0 Å². The van der Waals surface area contributed by atoms with Crippen LogP contribution >= 0.6 is 11.3 Å². The van der Waals surface area contributed by atoms with Crippen molar-refractivity contribution in [1.82, 2.24) is 9.99 Å². The van der Waals surface area contributed by atoms with Crippen LogP contribution in [0.3, 0.4) is 0 Å². The first kappa shape index (κ1) is 20.4. The zero-order valence-corrected chi connectivity index (χ0v) is 16.6. The summed E-state index contributed by atoms with van der Waals surface area (Å²) in [6.07, 6.45) is 1.50. The summed E-state index contributed by atoms with van der Waals surface area (Å²) in [6, 6.07) is 19.7. The number of nitriles is 2. The predicted molar refractivity (Wildman–Crippen MR) is 113 cm³/mol. The molecule has 3 aromatic rings. The normalized spacial score (nSPS) is 11.4. The first-order valence-corrected chi connectivity index (χ1v) is 9.43. The molecule has 0 aliphatic heterocycles. The summed E-state index contributed by atoms with van der Waals surface area (Å²) in [7, 11) is 1.58. The molecule has 0 aliphatic carbocycles. The highest BCUT2D eigenvalue weighted by Gasteiger charge is 2.11. The highest BCUT2D eigenvalue weighted by molar-refractivity contribution is 7.07. The van der Waals surface area contributed by atoms with Gasteiger partial charge in [-0.1, -0.05) is 18.2 Å². The summed E-state index contributed by atoms with van der Waals surface area (Å²) >= 11 is 0.951. The van der Waals surface area contributed by atoms with E-state index in [0.717, 1.165) is 16.9 Å². The first-order valence-electron chi connectivity index (χ1n) is 8.61. The van der Waals surface area contributed by atoms with E-state index in [0.29, 0.717) is 11.4 Å². The van der Waals surface area contributed by atoms with Gasteiger partial charge in [-0.2, -0.15) is 15.6 Å². The fourth-order valence-corrected chi connectivity index (χ4v) is 3.57. The fraction of sp³-hybridized carbons (Fsp3) is 0.0476. The molecule has 1 aromatic heterocycles. The van der Waals surface area contributed by atoms with Gasteiger partial charge in [0.15, 0.2) is 11.1 Å². The van der Waals surface area contributed by atoms with Crippen molar-refractivity contribution in [2.24, 2.45) is 5.10 Å². The maximum atomic E-state index is 10.4. The molecule has 1 heterocycles. The van der Waals surface area contributed by atoms with Gasteiger partial charge in [0.2, 0.25) is 5.88 Å². The van der Waals surface area contributed by atoms with Gasteiger partial charge >= 0.3 is 0 Å². The Morgan fingerprint density at radius 2 is 1.83 bits per heavy atom. The number of methoxy groups -OCH3 is 1. The number of aromatic nitrogens is 1. The Balaban J connectivity index is 2.07. The zero-order chi connectivity index (χ0) is 21.5. The van der Waals surface area contributed by atoms with E-state index in [1.165, 1.54) is 10.8 Å². The smallest absolute Gasteiger partial charge is 0.226 e. The monoisotopic (exact) mass is 416 g/mol. The highest BCUT2D eigenvalue weighted by Crippen LogP contribution is 2.09. The van der Waals surface area contributed by atoms with Crippen LogP contribution in [0.4, 0.5) is 0 Å². The summed E-state index contributed by atoms with van der Waals surface area (Å²) < 4.78 is 6.93. The van der Waals surface area contributed by atoms with Crippen molar-refractivity contribution in [1.29, 1.82) is 15.9 Å². The molecule has 0 spiro atoms. The van der Waals surface area contributed by atoms with Crippen LogP contribution in [0.5, 0.6) is 5.75 Å². The van der Waals surface area contributed by atoms with Gasteiger partial charge in [-0.3, -0.25) is 9.98 Å². The largest absolute Gasteiger partial charge is 0.497 e. The van der Waals surface area contributed by atoms with Gasteiger partial charge < -0.3 is 9.84 Å². The predicted octanol–water partition coefficient (Wildman–Crippen LogP) is 1.47. The maximum Gasteiger partial charge on any atom is 0.226 e. The third kappa shape index (κ3) is 4.22. The van der Waals surface area contributed by atoms with E-state index in [1.807, 2.05) is 18.2 Å². The van der Waals surface area contributed by atoms with E-state index >= 15 is 0 Å². The molecule has 0 radical (unpaired) electrons. The van der Waals surface area contributed by atoms with E-state index < -0.39 is 0 Å². The van der Waals surface area contributed by atoms with Crippen LogP contribution in [0.2, 0.25) is 0 Å². The number of nitrogens with one attached hydrogen (secondary N) is 2. The number of hydrogen-bond acceptors (Lipinski definition) is 8. The molecule has 3 rings (SSSR count). The lowest BCUT2D eigenvalue weighted by Crippen LogP contribution is -2.33. The Kier molecular flexibility index (Phi) is 6.28. The quantitative estimate of drug-likeness (QED) is 0.428. The van der Waals surface area contributed by atoms with Gasteiger partial charge in [-0.25, -0.2) is 5.43 Å². The Morgan fingerprint density at radius 3 is 2.43 bits per heavy atom. The summed E-state index contributed by atoms with van der Waals surface area (Å²) in [5, 5.41) is 41.5. The van der Waals surface area contributed by atoms with Crippen molar-refractivity contribution < 1.29 is 9.84 Å². The Hall–Kier alpha value is -4.34. The third-order valence-corrected chi connectivity index (χ3v) is 5.18. The lowest BCUT2D eigenvalue weighted by molar-refractivity contribution is 0.415. The average molecular weight is 416 g/mol. The van der Waals surface area contributed by atoms with Crippen LogP contribution in [-0.4, -0.2) is 23.0 Å². The van der Waals surface area contributed by atoms with Gasteiger partial charge in [0.05, 0.1) is 13.3 Å². The standard InChI is InChI=1S/C21H16N6O2S/c1-29-17-9-7-14(8-10-17)13-25-26-20(28)18-19(24)27(16-5-3-2-4-6-16)21(30-18)15(11-22)12-23/h2-10,13,24,26,28H,1H3/b20-18?,24-19?,25-13+. The number of benzene rings is 2. The second kappa shape index (κ2) is 9.24. The number of rotatable bonds is 5. The van der Waals surface area contributed by atoms with Gasteiger partial charge in [-0.05, 0) is 42.0 Å². The number of para-hydroxylation sites is 1. The van der Waals surface area contributed by atoms with E-state index in [9.17, 15) is 15.6 Å². The molecule has 0 amide bonds. The van der Waals surface area contributed by atoms with Gasteiger partial charge in [0.25, 0.3) is 0 Å². The highest BCUT2D eigenvalue weighted by atomic mass is 32.1. The van der Waals surface area contributed by atoms with Crippen LogP contribution in [0.15, 0.2) is 59.7 Å². The van der Waals surface area contributed by atoms with Gasteiger partial charge in [0, 0.05) is 5.69 Å². The van der Waals surface area contributed by atoms with Crippen molar-refractivity contribution in [2.45, 2.75) is 0 Å². The summed E-state index contributed by atoms with van der Waals surface area (Å²) in [5.41, 5.74) is 3.64. The Morgan fingerprint density at radius 1 is 1.17 bits per heavy atom. The molecule has 0 bridgehead atoms. The molecule has 0 saturated heterocycles. The number of nitrogens with zero attached hydrogens (tertiary/aromatic N) is 4. The Labute approximate surface area is 175 Å². The molecule has 30 heavy (non-hydrogen) atoms. The van der Waals surface area contributed by atoms with Crippen LogP contribution in [0.1, 0.15) is 5.56 Å².